The van der Waals surface area contributed by atoms with Crippen molar-refractivity contribution >= 4 is 22.5 Å². The van der Waals surface area contributed by atoms with Crippen LogP contribution in [-0.4, -0.2) is 35.9 Å². The first-order chi connectivity index (χ1) is 9.11. The number of fused-ring (bicyclic) bond motifs is 1. The molecule has 0 atom stereocenters. The standard InChI is InChI=1S/C14H17N3O2/c1-3-17(2)13(18)9-15-12-8-10-6-4-5-7-11(10)14(19)16-12/h4-8H,3,9H2,1-2H3,(H2,15,16,19). The van der Waals surface area contributed by atoms with Crippen molar-refractivity contribution in [3.05, 3.63) is 40.7 Å². The summed E-state index contributed by atoms with van der Waals surface area (Å²) in [4.78, 5) is 27.9. The number of amides is 1. The number of carbonyl (C=O) groups excluding carboxylic acids is 1. The smallest absolute Gasteiger partial charge is 0.257 e. The summed E-state index contributed by atoms with van der Waals surface area (Å²) < 4.78 is 0. The third-order valence-corrected chi connectivity index (χ3v) is 3.08. The molecular weight excluding hydrogens is 242 g/mol. The molecule has 5 heteroatoms. The summed E-state index contributed by atoms with van der Waals surface area (Å²) in [7, 11) is 1.74. The van der Waals surface area contributed by atoms with Gasteiger partial charge in [0.2, 0.25) is 5.91 Å². The normalized spacial score (nSPS) is 10.4. The van der Waals surface area contributed by atoms with E-state index in [1.807, 2.05) is 31.2 Å². The Hall–Kier alpha value is -2.30. The van der Waals surface area contributed by atoms with Gasteiger partial charge in [-0.15, -0.1) is 0 Å². The fraction of sp³-hybridized carbons (Fsp3) is 0.286. The third kappa shape index (κ3) is 2.93. The summed E-state index contributed by atoms with van der Waals surface area (Å²) >= 11 is 0. The Morgan fingerprint density at radius 2 is 2.11 bits per heavy atom. The molecule has 2 rings (SSSR count). The van der Waals surface area contributed by atoms with Gasteiger partial charge in [0.05, 0.1) is 6.54 Å². The van der Waals surface area contributed by atoms with Crippen LogP contribution in [0.1, 0.15) is 6.92 Å². The number of nitrogens with one attached hydrogen (secondary N) is 2. The molecule has 0 fully saturated rings. The van der Waals surface area contributed by atoms with Crippen LogP contribution < -0.4 is 10.9 Å². The van der Waals surface area contributed by atoms with E-state index in [0.29, 0.717) is 17.7 Å². The lowest BCUT2D eigenvalue weighted by atomic mass is 10.2. The number of hydrogen-bond acceptors (Lipinski definition) is 3. The Kier molecular flexibility index (Phi) is 3.85. The zero-order valence-electron chi connectivity index (χ0n) is 11.1. The van der Waals surface area contributed by atoms with Gasteiger partial charge in [0.1, 0.15) is 5.82 Å². The second-order valence-electron chi connectivity index (χ2n) is 4.36. The van der Waals surface area contributed by atoms with Gasteiger partial charge in [-0.05, 0) is 24.4 Å². The molecule has 1 aromatic carbocycles. The van der Waals surface area contributed by atoms with Crippen molar-refractivity contribution in [1.29, 1.82) is 0 Å². The van der Waals surface area contributed by atoms with Crippen LogP contribution in [0.5, 0.6) is 0 Å². The lowest BCUT2D eigenvalue weighted by molar-refractivity contribution is -0.127. The maximum Gasteiger partial charge on any atom is 0.257 e. The number of anilines is 1. The molecule has 0 saturated heterocycles. The van der Waals surface area contributed by atoms with Crippen LogP contribution in [0.2, 0.25) is 0 Å². The average Bonchev–Trinajstić information content (AvgIpc) is 2.44. The number of aromatic nitrogens is 1. The van der Waals surface area contributed by atoms with Crippen LogP contribution in [-0.2, 0) is 4.79 Å². The van der Waals surface area contributed by atoms with Gasteiger partial charge in [-0.25, -0.2) is 0 Å². The highest BCUT2D eigenvalue weighted by molar-refractivity contribution is 5.85. The molecule has 0 saturated carbocycles. The first-order valence-corrected chi connectivity index (χ1v) is 6.21. The van der Waals surface area contributed by atoms with Gasteiger partial charge in [-0.2, -0.15) is 0 Å². The van der Waals surface area contributed by atoms with Gasteiger partial charge in [0, 0.05) is 19.0 Å². The SMILES string of the molecule is CCN(C)C(=O)CNc1cc2ccccc2c(=O)[nH]1. The molecule has 1 aromatic heterocycles. The van der Waals surface area contributed by atoms with Crippen LogP contribution in [0.15, 0.2) is 35.1 Å². The van der Waals surface area contributed by atoms with Crippen molar-refractivity contribution in [2.24, 2.45) is 0 Å². The number of carbonyl (C=O) groups is 1. The Labute approximate surface area is 111 Å². The molecule has 0 bridgehead atoms. The fourth-order valence-corrected chi connectivity index (χ4v) is 1.79. The van der Waals surface area contributed by atoms with Gasteiger partial charge in [-0.3, -0.25) is 9.59 Å². The zero-order valence-corrected chi connectivity index (χ0v) is 11.1. The summed E-state index contributed by atoms with van der Waals surface area (Å²) in [5.41, 5.74) is -0.156. The number of likely N-dealkylation sites (N-methyl/N-ethyl adjacent to an activating group) is 1. The molecule has 2 N–H and O–H groups in total. The Balaban J connectivity index is 2.18. The minimum absolute atomic E-state index is 0.0171. The van der Waals surface area contributed by atoms with E-state index in [1.165, 1.54) is 0 Å². The maximum atomic E-state index is 11.8. The number of H-pyrrole nitrogens is 1. The minimum atomic E-state index is -0.156. The molecule has 0 aliphatic rings. The van der Waals surface area contributed by atoms with E-state index >= 15 is 0 Å². The van der Waals surface area contributed by atoms with Gasteiger partial charge in [0.25, 0.3) is 5.56 Å². The van der Waals surface area contributed by atoms with Gasteiger partial charge in [0.15, 0.2) is 0 Å². The van der Waals surface area contributed by atoms with Crippen LogP contribution in [0.3, 0.4) is 0 Å². The lowest BCUT2D eigenvalue weighted by Gasteiger charge is -2.15. The van der Waals surface area contributed by atoms with Crippen molar-refractivity contribution < 1.29 is 4.79 Å². The summed E-state index contributed by atoms with van der Waals surface area (Å²) in [5, 5.41) is 4.44. The molecule has 1 heterocycles. The fourth-order valence-electron chi connectivity index (χ4n) is 1.79. The average molecular weight is 259 g/mol. The van der Waals surface area contributed by atoms with E-state index in [4.69, 9.17) is 0 Å². The second kappa shape index (κ2) is 5.56. The zero-order chi connectivity index (χ0) is 13.8. The molecule has 0 aliphatic heterocycles. The molecule has 5 nitrogen and oxygen atoms in total. The molecule has 0 aliphatic carbocycles. The largest absolute Gasteiger partial charge is 0.362 e. The predicted molar refractivity (Wildman–Crippen MR) is 76.4 cm³/mol. The number of pyridine rings is 1. The maximum absolute atomic E-state index is 11.8. The first-order valence-electron chi connectivity index (χ1n) is 6.21. The first kappa shape index (κ1) is 13.1. The van der Waals surface area contributed by atoms with Gasteiger partial charge in [-0.1, -0.05) is 18.2 Å². The number of rotatable bonds is 4. The van der Waals surface area contributed by atoms with E-state index in [0.717, 1.165) is 5.39 Å². The molecule has 0 radical (unpaired) electrons. The van der Waals surface area contributed by atoms with Crippen LogP contribution in [0, 0.1) is 0 Å². The van der Waals surface area contributed by atoms with Crippen molar-refractivity contribution in [2.45, 2.75) is 6.92 Å². The van der Waals surface area contributed by atoms with Crippen LogP contribution in [0.4, 0.5) is 5.82 Å². The topological polar surface area (TPSA) is 65.2 Å². The number of aromatic amines is 1. The van der Waals surface area contributed by atoms with Crippen LogP contribution >= 0.6 is 0 Å². The van der Waals surface area contributed by atoms with Crippen LogP contribution in [0.25, 0.3) is 10.8 Å². The van der Waals surface area contributed by atoms with E-state index in [1.54, 1.807) is 18.0 Å². The second-order valence-corrected chi connectivity index (χ2v) is 4.36. The molecule has 0 unspecified atom stereocenters. The Morgan fingerprint density at radius 3 is 2.84 bits per heavy atom. The van der Waals surface area contributed by atoms with Crippen molar-refractivity contribution in [3.8, 4) is 0 Å². The van der Waals surface area contributed by atoms with E-state index in [-0.39, 0.29) is 18.0 Å². The third-order valence-electron chi connectivity index (χ3n) is 3.08. The molecule has 2 aromatic rings. The number of hydrogen-bond donors (Lipinski definition) is 2. The van der Waals surface area contributed by atoms with E-state index < -0.39 is 0 Å². The van der Waals surface area contributed by atoms with Gasteiger partial charge >= 0.3 is 0 Å². The highest BCUT2D eigenvalue weighted by Gasteiger charge is 2.07. The van der Waals surface area contributed by atoms with Crippen molar-refractivity contribution in [2.75, 3.05) is 25.5 Å². The molecular formula is C14H17N3O2. The Bertz CT molecular complexity index is 648. The Morgan fingerprint density at radius 1 is 1.37 bits per heavy atom. The van der Waals surface area contributed by atoms with E-state index in [2.05, 4.69) is 10.3 Å². The summed E-state index contributed by atoms with van der Waals surface area (Å²) in [6.07, 6.45) is 0. The predicted octanol–water partition coefficient (Wildman–Crippen LogP) is 1.42. The quantitative estimate of drug-likeness (QED) is 0.872. The number of benzene rings is 1. The summed E-state index contributed by atoms with van der Waals surface area (Å²) in [6, 6.07) is 9.17. The highest BCUT2D eigenvalue weighted by Crippen LogP contribution is 2.12. The lowest BCUT2D eigenvalue weighted by Crippen LogP contribution is -2.32. The van der Waals surface area contributed by atoms with E-state index in [9.17, 15) is 9.59 Å². The summed E-state index contributed by atoms with van der Waals surface area (Å²) in [6.45, 7) is 2.74. The van der Waals surface area contributed by atoms with Crippen molar-refractivity contribution in [1.82, 2.24) is 9.88 Å². The van der Waals surface area contributed by atoms with Gasteiger partial charge < -0.3 is 15.2 Å². The number of nitrogens with zero attached hydrogens (tertiary/aromatic N) is 1. The monoisotopic (exact) mass is 259 g/mol. The van der Waals surface area contributed by atoms with Crippen molar-refractivity contribution in [3.63, 3.8) is 0 Å². The molecule has 19 heavy (non-hydrogen) atoms. The molecule has 100 valence electrons. The molecule has 0 spiro atoms. The molecule has 1 amide bonds. The minimum Gasteiger partial charge on any atom is -0.362 e. The highest BCUT2D eigenvalue weighted by atomic mass is 16.2. The summed E-state index contributed by atoms with van der Waals surface area (Å²) in [5.74, 6) is 0.540.